The molecule has 1 N–H and O–H groups in total. The van der Waals surface area contributed by atoms with E-state index in [2.05, 4.69) is 17.1 Å². The zero-order valence-corrected chi connectivity index (χ0v) is 13.9. The molecule has 0 aromatic carbocycles. The Kier molecular flexibility index (Phi) is 5.62. The van der Waals surface area contributed by atoms with E-state index < -0.39 is 9.84 Å². The van der Waals surface area contributed by atoms with Gasteiger partial charge in [0.15, 0.2) is 9.84 Å². The molecule has 2 aliphatic heterocycles. The number of sulfone groups is 1. The lowest BCUT2D eigenvalue weighted by molar-refractivity contribution is -0.135. The van der Waals surface area contributed by atoms with Crippen molar-refractivity contribution < 1.29 is 13.2 Å². The fourth-order valence-electron chi connectivity index (χ4n) is 3.13. The third-order valence-electron chi connectivity index (χ3n) is 4.44. The van der Waals surface area contributed by atoms with Gasteiger partial charge in [-0.05, 0) is 26.3 Å². The Labute approximate surface area is 127 Å². The van der Waals surface area contributed by atoms with Crippen molar-refractivity contribution in [3.63, 3.8) is 0 Å². The molecular weight excluding hydrogens is 290 g/mol. The average Bonchev–Trinajstić information content (AvgIpc) is 2.68. The van der Waals surface area contributed by atoms with Crippen LogP contribution in [0.5, 0.6) is 0 Å². The van der Waals surface area contributed by atoms with Crippen LogP contribution in [0.2, 0.25) is 0 Å². The molecule has 0 bridgehead atoms. The van der Waals surface area contributed by atoms with Gasteiger partial charge >= 0.3 is 0 Å². The second-order valence-electron chi connectivity index (χ2n) is 6.02. The summed E-state index contributed by atoms with van der Waals surface area (Å²) in [5, 5.41) is 3.24. The summed E-state index contributed by atoms with van der Waals surface area (Å²) in [5.41, 5.74) is 0. The van der Waals surface area contributed by atoms with Gasteiger partial charge in [-0.3, -0.25) is 9.69 Å². The number of hydrogen-bond acceptors (Lipinski definition) is 5. The second kappa shape index (κ2) is 7.07. The number of amides is 1. The molecule has 122 valence electrons. The molecule has 21 heavy (non-hydrogen) atoms. The van der Waals surface area contributed by atoms with Crippen LogP contribution in [0.1, 0.15) is 26.7 Å². The molecule has 0 aliphatic carbocycles. The van der Waals surface area contributed by atoms with Crippen molar-refractivity contribution in [2.75, 3.05) is 44.2 Å². The lowest BCUT2D eigenvalue weighted by atomic mass is 10.1. The van der Waals surface area contributed by atoms with E-state index in [1.807, 2.05) is 6.92 Å². The predicted molar refractivity (Wildman–Crippen MR) is 83.0 cm³/mol. The summed E-state index contributed by atoms with van der Waals surface area (Å²) in [5.74, 6) is 0.415. The highest BCUT2D eigenvalue weighted by Gasteiger charge is 2.35. The number of hydrogen-bond donors (Lipinski definition) is 1. The van der Waals surface area contributed by atoms with Gasteiger partial charge in [-0.2, -0.15) is 0 Å². The number of carbonyl (C=O) groups is 1. The minimum absolute atomic E-state index is 0.0694. The summed E-state index contributed by atoms with van der Waals surface area (Å²) < 4.78 is 23.2. The van der Waals surface area contributed by atoms with Crippen LogP contribution in [-0.2, 0) is 14.6 Å². The Bertz CT molecular complexity index is 462. The van der Waals surface area contributed by atoms with Crippen LogP contribution in [0.3, 0.4) is 0 Å². The Balaban J connectivity index is 1.95. The normalized spacial score (nSPS) is 25.0. The summed E-state index contributed by atoms with van der Waals surface area (Å²) in [4.78, 5) is 16.6. The first-order valence-corrected chi connectivity index (χ1v) is 9.73. The van der Waals surface area contributed by atoms with Gasteiger partial charge in [0.05, 0.1) is 18.1 Å². The van der Waals surface area contributed by atoms with Crippen LogP contribution in [0.15, 0.2) is 0 Å². The Morgan fingerprint density at radius 1 is 1.24 bits per heavy atom. The van der Waals surface area contributed by atoms with Crippen molar-refractivity contribution in [3.8, 4) is 0 Å². The average molecular weight is 317 g/mol. The third kappa shape index (κ3) is 4.17. The van der Waals surface area contributed by atoms with Gasteiger partial charge in [0.2, 0.25) is 5.91 Å². The zero-order chi connectivity index (χ0) is 15.5. The van der Waals surface area contributed by atoms with Gasteiger partial charge in [0, 0.05) is 31.7 Å². The number of nitrogens with zero attached hydrogens (tertiary/aromatic N) is 2. The summed E-state index contributed by atoms with van der Waals surface area (Å²) in [6, 6.07) is 0.315. The van der Waals surface area contributed by atoms with Crippen molar-refractivity contribution in [1.29, 1.82) is 0 Å². The van der Waals surface area contributed by atoms with Crippen molar-refractivity contribution >= 4 is 15.7 Å². The Morgan fingerprint density at radius 2 is 1.95 bits per heavy atom. The zero-order valence-electron chi connectivity index (χ0n) is 13.0. The molecule has 2 saturated heterocycles. The van der Waals surface area contributed by atoms with E-state index in [1.54, 1.807) is 4.90 Å². The van der Waals surface area contributed by atoms with Gasteiger partial charge in [0.25, 0.3) is 0 Å². The number of carbonyl (C=O) groups excluding carboxylic acids is 1. The topological polar surface area (TPSA) is 69.7 Å². The highest BCUT2D eigenvalue weighted by molar-refractivity contribution is 7.91. The molecule has 2 rings (SSSR count). The molecule has 1 amide bonds. The SMILES string of the molecule is CCCN(CC(=O)N(CC)C1CCS(=O)(=O)C1)C1CNC1. The van der Waals surface area contributed by atoms with Crippen LogP contribution >= 0.6 is 0 Å². The number of likely N-dealkylation sites (N-methyl/N-ethyl adjacent to an activating group) is 1. The molecule has 1 unspecified atom stereocenters. The van der Waals surface area contributed by atoms with Gasteiger partial charge in [-0.1, -0.05) is 6.92 Å². The Hall–Kier alpha value is -0.660. The van der Waals surface area contributed by atoms with E-state index in [-0.39, 0.29) is 23.5 Å². The van der Waals surface area contributed by atoms with E-state index in [9.17, 15) is 13.2 Å². The van der Waals surface area contributed by atoms with Gasteiger partial charge in [0.1, 0.15) is 0 Å². The van der Waals surface area contributed by atoms with Crippen LogP contribution in [-0.4, -0.2) is 80.4 Å². The number of rotatable bonds is 7. The highest BCUT2D eigenvalue weighted by atomic mass is 32.2. The van der Waals surface area contributed by atoms with Crippen LogP contribution in [0.4, 0.5) is 0 Å². The lowest BCUT2D eigenvalue weighted by Crippen LogP contribution is -2.59. The molecule has 0 radical (unpaired) electrons. The van der Waals surface area contributed by atoms with Crippen molar-refractivity contribution in [1.82, 2.24) is 15.1 Å². The molecule has 2 aliphatic rings. The molecule has 0 spiro atoms. The smallest absolute Gasteiger partial charge is 0.237 e. The summed E-state index contributed by atoms with van der Waals surface area (Å²) in [6.07, 6.45) is 1.61. The minimum atomic E-state index is -2.95. The van der Waals surface area contributed by atoms with Gasteiger partial charge in [-0.15, -0.1) is 0 Å². The lowest BCUT2D eigenvalue weighted by Gasteiger charge is -2.39. The maximum atomic E-state index is 12.6. The van der Waals surface area contributed by atoms with Crippen molar-refractivity contribution in [2.45, 2.75) is 38.8 Å². The van der Waals surface area contributed by atoms with E-state index in [4.69, 9.17) is 0 Å². The predicted octanol–water partition coefficient (Wildman–Crippen LogP) is -0.294. The number of nitrogens with one attached hydrogen (secondary N) is 1. The minimum Gasteiger partial charge on any atom is -0.338 e. The van der Waals surface area contributed by atoms with E-state index >= 15 is 0 Å². The molecule has 2 fully saturated rings. The fourth-order valence-corrected chi connectivity index (χ4v) is 4.86. The maximum absolute atomic E-state index is 12.6. The van der Waals surface area contributed by atoms with Crippen LogP contribution in [0.25, 0.3) is 0 Å². The Morgan fingerprint density at radius 3 is 2.38 bits per heavy atom. The summed E-state index contributed by atoms with van der Waals surface area (Å²) in [7, 11) is -2.95. The monoisotopic (exact) mass is 317 g/mol. The van der Waals surface area contributed by atoms with Gasteiger partial charge < -0.3 is 10.2 Å². The fraction of sp³-hybridized carbons (Fsp3) is 0.929. The molecule has 6 nitrogen and oxygen atoms in total. The molecule has 0 aromatic rings. The molecule has 7 heteroatoms. The largest absolute Gasteiger partial charge is 0.338 e. The van der Waals surface area contributed by atoms with Gasteiger partial charge in [-0.25, -0.2) is 8.42 Å². The molecular formula is C14H27N3O3S. The molecule has 0 saturated carbocycles. The molecule has 0 aromatic heterocycles. The van der Waals surface area contributed by atoms with Crippen LogP contribution in [0, 0.1) is 0 Å². The van der Waals surface area contributed by atoms with E-state index in [0.29, 0.717) is 25.6 Å². The quantitative estimate of drug-likeness (QED) is 0.698. The first-order chi connectivity index (χ1) is 9.96. The van der Waals surface area contributed by atoms with E-state index in [1.165, 1.54) is 0 Å². The molecule has 2 heterocycles. The second-order valence-corrected chi connectivity index (χ2v) is 8.25. The molecule has 1 atom stereocenters. The third-order valence-corrected chi connectivity index (χ3v) is 6.19. The maximum Gasteiger partial charge on any atom is 0.237 e. The van der Waals surface area contributed by atoms with E-state index in [0.717, 1.165) is 26.1 Å². The summed E-state index contributed by atoms with van der Waals surface area (Å²) >= 11 is 0. The summed E-state index contributed by atoms with van der Waals surface area (Å²) in [6.45, 7) is 7.84. The highest BCUT2D eigenvalue weighted by Crippen LogP contribution is 2.18. The first-order valence-electron chi connectivity index (χ1n) is 7.91. The van der Waals surface area contributed by atoms with Crippen LogP contribution < -0.4 is 5.32 Å². The first kappa shape index (κ1) is 16.7. The standard InChI is InChI=1S/C14H27N3O3S/c1-3-6-16(13-8-15-9-13)10-14(18)17(4-2)12-5-7-21(19,20)11-12/h12-13,15H,3-11H2,1-2H3. The van der Waals surface area contributed by atoms with Crippen molar-refractivity contribution in [3.05, 3.63) is 0 Å². The van der Waals surface area contributed by atoms with Crippen molar-refractivity contribution in [2.24, 2.45) is 0 Å².